The Morgan fingerprint density at radius 3 is 2.62 bits per heavy atom. The molecule has 0 atom stereocenters. The fourth-order valence-electron chi connectivity index (χ4n) is 1.98. The van der Waals surface area contributed by atoms with E-state index in [9.17, 15) is 13.2 Å². The number of halogens is 3. The van der Waals surface area contributed by atoms with Gasteiger partial charge in [0.2, 0.25) is 5.95 Å². The van der Waals surface area contributed by atoms with Crippen LogP contribution in [-0.4, -0.2) is 22.1 Å². The third-order valence-corrected chi connectivity index (χ3v) is 3.66. The SMILES string of the molecule is COc1cc(Nc2nccc(-c3cscn3)n2)cc(C(F)(F)F)c1. The van der Waals surface area contributed by atoms with Gasteiger partial charge in [0, 0.05) is 23.3 Å². The van der Waals surface area contributed by atoms with Gasteiger partial charge in [0.15, 0.2) is 0 Å². The number of methoxy groups -OCH3 is 1. The molecule has 2 heterocycles. The zero-order valence-electron chi connectivity index (χ0n) is 12.3. The van der Waals surface area contributed by atoms with Crippen molar-refractivity contribution in [1.82, 2.24) is 15.0 Å². The number of benzene rings is 1. The number of anilines is 2. The van der Waals surface area contributed by atoms with E-state index >= 15 is 0 Å². The van der Waals surface area contributed by atoms with Crippen LogP contribution in [0.4, 0.5) is 24.8 Å². The van der Waals surface area contributed by atoms with Crippen LogP contribution in [0.3, 0.4) is 0 Å². The van der Waals surface area contributed by atoms with Gasteiger partial charge in [0.25, 0.3) is 0 Å². The number of ether oxygens (including phenoxy) is 1. The highest BCUT2D eigenvalue weighted by atomic mass is 32.1. The molecule has 124 valence electrons. The predicted octanol–water partition coefficient (Wildman–Crippen LogP) is 4.37. The molecule has 0 saturated heterocycles. The Morgan fingerprint density at radius 1 is 1.12 bits per heavy atom. The van der Waals surface area contributed by atoms with Crippen LogP contribution in [0.15, 0.2) is 41.4 Å². The molecule has 9 heteroatoms. The molecule has 1 aromatic carbocycles. The van der Waals surface area contributed by atoms with Crippen molar-refractivity contribution >= 4 is 23.0 Å². The van der Waals surface area contributed by atoms with Gasteiger partial charge in [-0.05, 0) is 18.2 Å². The maximum atomic E-state index is 13.0. The molecule has 0 aliphatic heterocycles. The van der Waals surface area contributed by atoms with Gasteiger partial charge in [0.1, 0.15) is 5.75 Å². The second kappa shape index (κ2) is 6.44. The zero-order chi connectivity index (χ0) is 17.2. The molecular formula is C15H11F3N4OS. The lowest BCUT2D eigenvalue weighted by Crippen LogP contribution is -2.07. The van der Waals surface area contributed by atoms with Crippen LogP contribution in [0, 0.1) is 0 Å². The van der Waals surface area contributed by atoms with E-state index < -0.39 is 11.7 Å². The van der Waals surface area contributed by atoms with Crippen molar-refractivity contribution in [3.63, 3.8) is 0 Å². The van der Waals surface area contributed by atoms with Gasteiger partial charge in [-0.15, -0.1) is 11.3 Å². The predicted molar refractivity (Wildman–Crippen MR) is 84.4 cm³/mol. The Morgan fingerprint density at radius 2 is 1.96 bits per heavy atom. The van der Waals surface area contributed by atoms with Gasteiger partial charge in [-0.1, -0.05) is 0 Å². The van der Waals surface area contributed by atoms with Gasteiger partial charge < -0.3 is 10.1 Å². The number of nitrogens with one attached hydrogen (secondary N) is 1. The third kappa shape index (κ3) is 3.62. The maximum Gasteiger partial charge on any atom is 0.416 e. The highest BCUT2D eigenvalue weighted by Crippen LogP contribution is 2.34. The van der Waals surface area contributed by atoms with Crippen LogP contribution in [-0.2, 0) is 6.18 Å². The summed E-state index contributed by atoms with van der Waals surface area (Å²) in [6, 6.07) is 5.01. The summed E-state index contributed by atoms with van der Waals surface area (Å²) in [4.78, 5) is 12.4. The first-order valence-electron chi connectivity index (χ1n) is 6.70. The Hall–Kier alpha value is -2.68. The highest BCUT2D eigenvalue weighted by Gasteiger charge is 2.31. The first-order valence-corrected chi connectivity index (χ1v) is 7.65. The minimum absolute atomic E-state index is 0.0861. The molecule has 0 aliphatic rings. The van der Waals surface area contributed by atoms with Crippen LogP contribution in [0.1, 0.15) is 5.56 Å². The molecule has 1 N–H and O–H groups in total. The van der Waals surface area contributed by atoms with Gasteiger partial charge in [-0.3, -0.25) is 0 Å². The Balaban J connectivity index is 1.92. The smallest absolute Gasteiger partial charge is 0.416 e. The molecular weight excluding hydrogens is 341 g/mol. The minimum atomic E-state index is -4.48. The van der Waals surface area contributed by atoms with Gasteiger partial charge in [-0.2, -0.15) is 13.2 Å². The van der Waals surface area contributed by atoms with E-state index in [0.717, 1.165) is 12.1 Å². The van der Waals surface area contributed by atoms with Crippen molar-refractivity contribution < 1.29 is 17.9 Å². The topological polar surface area (TPSA) is 59.9 Å². The lowest BCUT2D eigenvalue weighted by Gasteiger charge is -2.12. The quantitative estimate of drug-likeness (QED) is 0.755. The molecule has 0 bridgehead atoms. The van der Waals surface area contributed by atoms with Crippen molar-refractivity contribution in [3.05, 3.63) is 46.9 Å². The van der Waals surface area contributed by atoms with E-state index in [2.05, 4.69) is 20.3 Å². The Kier molecular flexibility index (Phi) is 4.34. The van der Waals surface area contributed by atoms with Crippen LogP contribution >= 0.6 is 11.3 Å². The maximum absolute atomic E-state index is 13.0. The van der Waals surface area contributed by atoms with Crippen molar-refractivity contribution in [2.75, 3.05) is 12.4 Å². The van der Waals surface area contributed by atoms with Crippen molar-refractivity contribution in [3.8, 4) is 17.1 Å². The van der Waals surface area contributed by atoms with Crippen molar-refractivity contribution in [2.45, 2.75) is 6.18 Å². The number of alkyl halides is 3. The fraction of sp³-hybridized carbons (Fsp3) is 0.133. The molecule has 3 rings (SSSR count). The lowest BCUT2D eigenvalue weighted by atomic mass is 10.2. The molecule has 3 aromatic rings. The summed E-state index contributed by atoms with van der Waals surface area (Å²) >= 11 is 1.42. The van der Waals surface area contributed by atoms with E-state index in [4.69, 9.17) is 4.74 Å². The summed E-state index contributed by atoms with van der Waals surface area (Å²) in [6.07, 6.45) is -2.97. The Labute approximate surface area is 139 Å². The lowest BCUT2D eigenvalue weighted by molar-refractivity contribution is -0.137. The highest BCUT2D eigenvalue weighted by molar-refractivity contribution is 7.07. The molecule has 2 aromatic heterocycles. The summed E-state index contributed by atoms with van der Waals surface area (Å²) < 4.78 is 43.8. The normalized spacial score (nSPS) is 11.3. The standard InChI is InChI=1S/C15H11F3N4OS/c1-23-11-5-9(15(16,17)18)4-10(6-11)21-14-19-3-2-12(22-14)13-7-24-8-20-13/h2-8H,1H3,(H,19,21,22). The fourth-order valence-corrected chi connectivity index (χ4v) is 2.53. The third-order valence-electron chi connectivity index (χ3n) is 3.08. The van der Waals surface area contributed by atoms with Crippen molar-refractivity contribution in [1.29, 1.82) is 0 Å². The number of hydrogen-bond acceptors (Lipinski definition) is 6. The summed E-state index contributed by atoms with van der Waals surface area (Å²) in [7, 11) is 1.30. The molecule has 0 unspecified atom stereocenters. The Bertz CT molecular complexity index is 837. The summed E-state index contributed by atoms with van der Waals surface area (Å²) in [5, 5.41) is 4.59. The van der Waals surface area contributed by atoms with Crippen LogP contribution < -0.4 is 10.1 Å². The van der Waals surface area contributed by atoms with E-state index in [0.29, 0.717) is 11.4 Å². The van der Waals surface area contributed by atoms with Crippen LogP contribution in [0.5, 0.6) is 5.75 Å². The van der Waals surface area contributed by atoms with Gasteiger partial charge in [0.05, 0.1) is 29.6 Å². The minimum Gasteiger partial charge on any atom is -0.497 e. The monoisotopic (exact) mass is 352 g/mol. The van der Waals surface area contributed by atoms with Crippen molar-refractivity contribution in [2.24, 2.45) is 0 Å². The molecule has 0 radical (unpaired) electrons. The molecule has 24 heavy (non-hydrogen) atoms. The second-order valence-corrected chi connectivity index (χ2v) is 5.43. The van der Waals surface area contributed by atoms with Gasteiger partial charge >= 0.3 is 6.18 Å². The van der Waals surface area contributed by atoms with Gasteiger partial charge in [-0.25, -0.2) is 15.0 Å². The molecule has 5 nitrogen and oxygen atoms in total. The van der Waals surface area contributed by atoms with E-state index in [1.165, 1.54) is 30.7 Å². The summed E-state index contributed by atoms with van der Waals surface area (Å²) in [6.45, 7) is 0. The number of aromatic nitrogens is 3. The molecule has 0 saturated carbocycles. The first-order chi connectivity index (χ1) is 11.5. The second-order valence-electron chi connectivity index (χ2n) is 4.71. The van der Waals surface area contributed by atoms with Crippen LogP contribution in [0.2, 0.25) is 0 Å². The zero-order valence-corrected chi connectivity index (χ0v) is 13.1. The molecule has 0 fully saturated rings. The van der Waals surface area contributed by atoms with E-state index in [1.54, 1.807) is 11.6 Å². The van der Waals surface area contributed by atoms with E-state index in [1.807, 2.05) is 5.38 Å². The number of nitrogens with zero attached hydrogens (tertiary/aromatic N) is 3. The average molecular weight is 352 g/mol. The molecule has 0 spiro atoms. The first kappa shape index (κ1) is 16.2. The average Bonchev–Trinajstić information content (AvgIpc) is 3.08. The molecule has 0 amide bonds. The number of thiazole rings is 1. The van der Waals surface area contributed by atoms with E-state index in [-0.39, 0.29) is 17.4 Å². The largest absolute Gasteiger partial charge is 0.497 e. The summed E-state index contributed by atoms with van der Waals surface area (Å²) in [5.74, 6) is 0.254. The number of hydrogen-bond donors (Lipinski definition) is 1. The summed E-state index contributed by atoms with van der Waals surface area (Å²) in [5.41, 5.74) is 2.28. The molecule has 0 aliphatic carbocycles. The number of rotatable bonds is 4. The van der Waals surface area contributed by atoms with Crippen LogP contribution in [0.25, 0.3) is 11.4 Å².